The number of aliphatic hydroxyl groups excluding tert-OH is 1. The summed E-state index contributed by atoms with van der Waals surface area (Å²) in [4.78, 5) is 11.8. The van der Waals surface area contributed by atoms with Gasteiger partial charge in [0.1, 0.15) is 5.82 Å². The molecule has 3 rings (SSSR count). The molecule has 0 saturated carbocycles. The van der Waals surface area contributed by atoms with Gasteiger partial charge < -0.3 is 15.3 Å². The molecule has 2 heterocycles. The van der Waals surface area contributed by atoms with Gasteiger partial charge in [-0.15, -0.1) is 0 Å². The summed E-state index contributed by atoms with van der Waals surface area (Å²) in [6, 6.07) is 8.09. The highest BCUT2D eigenvalue weighted by molar-refractivity contribution is 5.90. The second-order valence-electron chi connectivity index (χ2n) is 6.06. The van der Waals surface area contributed by atoms with Crippen molar-refractivity contribution in [3.63, 3.8) is 0 Å². The largest absolute Gasteiger partial charge is 0.396 e. The Labute approximate surface area is 131 Å². The molecule has 0 spiro atoms. The van der Waals surface area contributed by atoms with Crippen molar-refractivity contribution in [2.45, 2.75) is 26.2 Å². The van der Waals surface area contributed by atoms with E-state index in [1.54, 1.807) is 0 Å². The first kappa shape index (κ1) is 15.0. The standard InChI is InChI=1S/C17H24N4O/c1-13-7-10-21(11-8-13)17-19-15-6-3-2-5-14(15)16(20-17)18-9-4-12-22/h2-3,5-6,13,22H,4,7-12H2,1H3,(H,18,19,20). The summed E-state index contributed by atoms with van der Waals surface area (Å²) >= 11 is 0. The Morgan fingerprint density at radius 3 is 2.77 bits per heavy atom. The van der Waals surface area contributed by atoms with Crippen molar-refractivity contribution >= 4 is 22.7 Å². The van der Waals surface area contributed by atoms with E-state index in [1.807, 2.05) is 24.3 Å². The molecule has 2 aromatic rings. The molecule has 1 aromatic carbocycles. The van der Waals surface area contributed by atoms with Gasteiger partial charge in [0.05, 0.1) is 5.52 Å². The van der Waals surface area contributed by atoms with Crippen molar-refractivity contribution in [3.8, 4) is 0 Å². The zero-order valence-electron chi connectivity index (χ0n) is 13.1. The number of anilines is 2. The summed E-state index contributed by atoms with van der Waals surface area (Å²) < 4.78 is 0. The van der Waals surface area contributed by atoms with E-state index in [0.29, 0.717) is 6.54 Å². The predicted octanol–water partition coefficient (Wildman–Crippen LogP) is 2.66. The van der Waals surface area contributed by atoms with Crippen molar-refractivity contribution < 1.29 is 5.11 Å². The fraction of sp³-hybridized carbons (Fsp3) is 0.529. The van der Waals surface area contributed by atoms with Crippen molar-refractivity contribution in [2.75, 3.05) is 36.5 Å². The summed E-state index contributed by atoms with van der Waals surface area (Å²) in [5.74, 6) is 2.48. The normalized spacial score (nSPS) is 16.2. The van der Waals surface area contributed by atoms with Gasteiger partial charge in [0.15, 0.2) is 0 Å². The van der Waals surface area contributed by atoms with Gasteiger partial charge in [-0.1, -0.05) is 19.1 Å². The Morgan fingerprint density at radius 1 is 1.23 bits per heavy atom. The van der Waals surface area contributed by atoms with Crippen LogP contribution in [0, 0.1) is 5.92 Å². The van der Waals surface area contributed by atoms with Crippen LogP contribution in [0.2, 0.25) is 0 Å². The fourth-order valence-electron chi connectivity index (χ4n) is 2.83. The van der Waals surface area contributed by atoms with Gasteiger partial charge in [-0.05, 0) is 37.3 Å². The fourth-order valence-corrected chi connectivity index (χ4v) is 2.83. The van der Waals surface area contributed by atoms with Gasteiger partial charge in [-0.3, -0.25) is 0 Å². The highest BCUT2D eigenvalue weighted by atomic mass is 16.3. The highest BCUT2D eigenvalue weighted by Crippen LogP contribution is 2.26. The van der Waals surface area contributed by atoms with Crippen molar-refractivity contribution in [1.29, 1.82) is 0 Å². The van der Waals surface area contributed by atoms with E-state index in [4.69, 9.17) is 15.1 Å². The second kappa shape index (κ2) is 6.92. The first-order chi connectivity index (χ1) is 10.8. The molecule has 0 bridgehead atoms. The van der Waals surface area contributed by atoms with Crippen molar-refractivity contribution in [2.24, 2.45) is 5.92 Å². The van der Waals surface area contributed by atoms with Crippen LogP contribution in [0.15, 0.2) is 24.3 Å². The van der Waals surface area contributed by atoms with Crippen LogP contribution >= 0.6 is 0 Å². The minimum absolute atomic E-state index is 0.187. The number of hydrogen-bond donors (Lipinski definition) is 2. The number of aromatic nitrogens is 2. The molecule has 2 N–H and O–H groups in total. The van der Waals surface area contributed by atoms with E-state index >= 15 is 0 Å². The third kappa shape index (κ3) is 3.30. The third-order valence-electron chi connectivity index (χ3n) is 4.29. The number of nitrogens with zero attached hydrogens (tertiary/aromatic N) is 3. The van der Waals surface area contributed by atoms with Gasteiger partial charge in [-0.2, -0.15) is 4.98 Å². The van der Waals surface area contributed by atoms with Crippen LogP contribution < -0.4 is 10.2 Å². The van der Waals surface area contributed by atoms with Crippen LogP contribution in [-0.2, 0) is 0 Å². The second-order valence-corrected chi connectivity index (χ2v) is 6.06. The Hall–Kier alpha value is -1.88. The predicted molar refractivity (Wildman–Crippen MR) is 90.3 cm³/mol. The molecule has 22 heavy (non-hydrogen) atoms. The Kier molecular flexibility index (Phi) is 4.73. The minimum atomic E-state index is 0.187. The van der Waals surface area contributed by atoms with Gasteiger partial charge >= 0.3 is 0 Å². The Balaban J connectivity index is 1.90. The van der Waals surface area contributed by atoms with Crippen LogP contribution in [-0.4, -0.2) is 41.3 Å². The number of para-hydroxylation sites is 1. The summed E-state index contributed by atoms with van der Waals surface area (Å²) in [5.41, 5.74) is 0.970. The van der Waals surface area contributed by atoms with Crippen LogP contribution in [0.25, 0.3) is 10.9 Å². The van der Waals surface area contributed by atoms with E-state index in [2.05, 4.69) is 17.1 Å². The maximum absolute atomic E-state index is 8.96. The third-order valence-corrected chi connectivity index (χ3v) is 4.29. The molecular weight excluding hydrogens is 276 g/mol. The molecule has 1 aliphatic heterocycles. The van der Waals surface area contributed by atoms with E-state index in [9.17, 15) is 0 Å². The summed E-state index contributed by atoms with van der Waals surface area (Å²) in [6.45, 7) is 5.26. The average molecular weight is 300 g/mol. The van der Waals surface area contributed by atoms with E-state index in [1.165, 1.54) is 12.8 Å². The lowest BCUT2D eigenvalue weighted by atomic mass is 10.00. The van der Waals surface area contributed by atoms with Gasteiger partial charge in [-0.25, -0.2) is 4.98 Å². The molecule has 1 aromatic heterocycles. The van der Waals surface area contributed by atoms with Gasteiger partial charge in [0, 0.05) is 31.6 Å². The van der Waals surface area contributed by atoms with Crippen molar-refractivity contribution in [1.82, 2.24) is 9.97 Å². The number of fused-ring (bicyclic) bond motifs is 1. The molecule has 5 nitrogen and oxygen atoms in total. The van der Waals surface area contributed by atoms with Crippen LogP contribution in [0.5, 0.6) is 0 Å². The quantitative estimate of drug-likeness (QED) is 0.831. The lowest BCUT2D eigenvalue weighted by Gasteiger charge is -2.30. The molecule has 118 valence electrons. The average Bonchev–Trinajstić information content (AvgIpc) is 2.55. The number of nitrogens with one attached hydrogen (secondary N) is 1. The number of piperidine rings is 1. The SMILES string of the molecule is CC1CCN(c2nc(NCCCO)c3ccccc3n2)CC1. The van der Waals surface area contributed by atoms with Gasteiger partial charge in [0.25, 0.3) is 0 Å². The zero-order valence-corrected chi connectivity index (χ0v) is 13.1. The lowest BCUT2D eigenvalue weighted by Crippen LogP contribution is -2.34. The molecule has 0 aliphatic carbocycles. The maximum Gasteiger partial charge on any atom is 0.227 e. The van der Waals surface area contributed by atoms with Gasteiger partial charge in [0.2, 0.25) is 5.95 Å². The van der Waals surface area contributed by atoms with Crippen LogP contribution in [0.1, 0.15) is 26.2 Å². The smallest absolute Gasteiger partial charge is 0.227 e. The maximum atomic E-state index is 8.96. The summed E-state index contributed by atoms with van der Waals surface area (Å²) in [6.07, 6.45) is 3.11. The monoisotopic (exact) mass is 300 g/mol. The molecule has 0 atom stereocenters. The molecule has 0 radical (unpaired) electrons. The summed E-state index contributed by atoms with van der Waals surface area (Å²) in [5, 5.41) is 13.3. The topological polar surface area (TPSA) is 61.3 Å². The molecule has 5 heteroatoms. The molecule has 0 unspecified atom stereocenters. The van der Waals surface area contributed by atoms with E-state index in [-0.39, 0.29) is 6.61 Å². The number of aliphatic hydroxyl groups is 1. The molecule has 1 fully saturated rings. The van der Waals surface area contributed by atoms with E-state index in [0.717, 1.165) is 48.1 Å². The van der Waals surface area contributed by atoms with Crippen molar-refractivity contribution in [3.05, 3.63) is 24.3 Å². The van der Waals surface area contributed by atoms with E-state index < -0.39 is 0 Å². The minimum Gasteiger partial charge on any atom is -0.396 e. The highest BCUT2D eigenvalue weighted by Gasteiger charge is 2.19. The van der Waals surface area contributed by atoms with Crippen LogP contribution in [0.4, 0.5) is 11.8 Å². The number of rotatable bonds is 5. The molecule has 0 amide bonds. The first-order valence-electron chi connectivity index (χ1n) is 8.14. The van der Waals surface area contributed by atoms with Crippen LogP contribution in [0.3, 0.4) is 0 Å². The first-order valence-corrected chi connectivity index (χ1v) is 8.14. The Morgan fingerprint density at radius 2 is 2.00 bits per heavy atom. The molecule has 1 aliphatic rings. The molecule has 1 saturated heterocycles. The number of hydrogen-bond acceptors (Lipinski definition) is 5. The zero-order chi connectivity index (χ0) is 15.4. The Bertz CT molecular complexity index is 623. The summed E-state index contributed by atoms with van der Waals surface area (Å²) in [7, 11) is 0. The lowest BCUT2D eigenvalue weighted by molar-refractivity contribution is 0.292. The number of benzene rings is 1. The molecular formula is C17H24N4O.